The van der Waals surface area contributed by atoms with Gasteiger partial charge in [0.2, 0.25) is 0 Å². The molecule has 1 atom stereocenters. The molecule has 1 rings (SSSR count). The molecule has 0 fully saturated rings. The van der Waals surface area contributed by atoms with Crippen molar-refractivity contribution in [3.05, 3.63) is 30.3 Å². The summed E-state index contributed by atoms with van der Waals surface area (Å²) in [6.45, 7) is 7.31. The molecule has 0 amide bonds. The zero-order chi connectivity index (χ0) is 11.1. The maximum absolute atomic E-state index is 4.45. The van der Waals surface area contributed by atoms with E-state index in [9.17, 15) is 0 Å². The second-order valence-corrected chi connectivity index (χ2v) is 4.06. The van der Waals surface area contributed by atoms with E-state index in [0.717, 1.165) is 12.2 Å². The minimum absolute atomic E-state index is 0.405. The Hall–Kier alpha value is -1.31. The van der Waals surface area contributed by atoms with E-state index >= 15 is 0 Å². The Morgan fingerprint density at radius 1 is 1.20 bits per heavy atom. The van der Waals surface area contributed by atoms with Gasteiger partial charge in [0.15, 0.2) is 0 Å². The maximum Gasteiger partial charge on any atom is 0.0499 e. The summed E-state index contributed by atoms with van der Waals surface area (Å²) in [6, 6.07) is 10.6. The first kappa shape index (κ1) is 11.8. The van der Waals surface area contributed by atoms with Gasteiger partial charge in [-0.05, 0) is 25.0 Å². The summed E-state index contributed by atoms with van der Waals surface area (Å²) in [5, 5.41) is 3.29. The summed E-state index contributed by atoms with van der Waals surface area (Å²) in [6.07, 6.45) is 1.96. The molecule has 0 saturated heterocycles. The molecule has 0 radical (unpaired) electrons. The minimum atomic E-state index is 0.405. The fourth-order valence-corrected chi connectivity index (χ4v) is 1.11. The van der Waals surface area contributed by atoms with E-state index in [1.165, 1.54) is 0 Å². The molecule has 0 aliphatic carbocycles. The van der Waals surface area contributed by atoms with Crippen LogP contribution in [0.5, 0.6) is 0 Å². The van der Waals surface area contributed by atoms with Gasteiger partial charge in [0.05, 0.1) is 0 Å². The van der Waals surface area contributed by atoms with E-state index in [1.807, 2.05) is 24.4 Å². The summed E-state index contributed by atoms with van der Waals surface area (Å²) in [4.78, 5) is 4.45. The number of benzene rings is 1. The van der Waals surface area contributed by atoms with Crippen molar-refractivity contribution < 1.29 is 0 Å². The lowest BCUT2D eigenvalue weighted by molar-refractivity contribution is 0.532. The fourth-order valence-electron chi connectivity index (χ4n) is 1.11. The molecule has 0 spiro atoms. The van der Waals surface area contributed by atoms with Gasteiger partial charge in [0, 0.05) is 24.5 Å². The molecule has 1 N–H and O–H groups in total. The van der Waals surface area contributed by atoms with Crippen molar-refractivity contribution in [2.45, 2.75) is 26.8 Å². The Kier molecular flexibility index (Phi) is 4.88. The number of nitrogens with zero attached hydrogens (tertiary/aromatic N) is 1. The number of hydrogen-bond acceptors (Lipinski definition) is 2. The highest BCUT2D eigenvalue weighted by molar-refractivity contribution is 5.64. The molecule has 2 nitrogen and oxygen atoms in total. The molecule has 15 heavy (non-hydrogen) atoms. The molecule has 2 heteroatoms. The molecule has 1 unspecified atom stereocenters. The van der Waals surface area contributed by atoms with Crippen LogP contribution in [-0.2, 0) is 0 Å². The average molecular weight is 204 g/mol. The second kappa shape index (κ2) is 6.23. The number of aliphatic imine (C=N–C) groups is 1. The molecule has 0 saturated carbocycles. The van der Waals surface area contributed by atoms with Gasteiger partial charge in [-0.25, -0.2) is 0 Å². The van der Waals surface area contributed by atoms with Crippen LogP contribution in [0, 0.1) is 5.92 Å². The monoisotopic (exact) mass is 204 g/mol. The smallest absolute Gasteiger partial charge is 0.0499 e. The van der Waals surface area contributed by atoms with Gasteiger partial charge in [-0.2, -0.15) is 0 Å². The number of para-hydroxylation sites is 1. The molecule has 0 aliphatic rings. The van der Waals surface area contributed by atoms with E-state index in [-0.39, 0.29) is 0 Å². The summed E-state index contributed by atoms with van der Waals surface area (Å²) >= 11 is 0. The van der Waals surface area contributed by atoms with E-state index in [0.29, 0.717) is 12.0 Å². The number of hydrogen-bond donors (Lipinski definition) is 1. The molecule has 1 aromatic carbocycles. The van der Waals surface area contributed by atoms with Gasteiger partial charge in [0.1, 0.15) is 0 Å². The van der Waals surface area contributed by atoms with E-state index < -0.39 is 0 Å². The van der Waals surface area contributed by atoms with Crippen molar-refractivity contribution in [1.82, 2.24) is 0 Å². The molecule has 0 aromatic heterocycles. The van der Waals surface area contributed by atoms with E-state index in [4.69, 9.17) is 0 Å². The maximum atomic E-state index is 4.45. The van der Waals surface area contributed by atoms with Gasteiger partial charge in [-0.3, -0.25) is 4.99 Å². The number of rotatable bonds is 5. The Balaban J connectivity index is 2.28. The highest BCUT2D eigenvalue weighted by Gasteiger charge is 2.01. The summed E-state index contributed by atoms with van der Waals surface area (Å²) in [7, 11) is 0. The number of nitrogens with one attached hydrogen (secondary N) is 1. The summed E-state index contributed by atoms with van der Waals surface area (Å²) in [5.41, 5.74) is 1.14. The normalized spacial score (nSPS) is 13.3. The van der Waals surface area contributed by atoms with Gasteiger partial charge in [-0.1, -0.05) is 32.0 Å². The topological polar surface area (TPSA) is 24.4 Å². The molecular weight excluding hydrogens is 184 g/mol. The largest absolute Gasteiger partial charge is 0.380 e. The third-order valence-corrected chi connectivity index (χ3v) is 2.48. The highest BCUT2D eigenvalue weighted by atomic mass is 14.9. The van der Waals surface area contributed by atoms with Gasteiger partial charge in [-0.15, -0.1) is 0 Å². The predicted molar refractivity (Wildman–Crippen MR) is 67.7 cm³/mol. The van der Waals surface area contributed by atoms with Crippen molar-refractivity contribution in [3.8, 4) is 0 Å². The van der Waals surface area contributed by atoms with Crippen LogP contribution in [0.2, 0.25) is 0 Å². The van der Waals surface area contributed by atoms with E-state index in [2.05, 4.69) is 43.2 Å². The van der Waals surface area contributed by atoms with Crippen LogP contribution in [0.15, 0.2) is 35.3 Å². The summed E-state index contributed by atoms with van der Waals surface area (Å²) in [5.74, 6) is 0.609. The highest BCUT2D eigenvalue weighted by Crippen LogP contribution is 2.05. The van der Waals surface area contributed by atoms with Crippen LogP contribution in [0.25, 0.3) is 0 Å². The van der Waals surface area contributed by atoms with Crippen LogP contribution in [0.4, 0.5) is 5.69 Å². The molecule has 1 aromatic rings. The SMILES string of the molecule is CC(C)C(C)N=CCNc1ccccc1. The third kappa shape index (κ3) is 4.63. The Labute approximate surface area is 92.4 Å². The second-order valence-electron chi connectivity index (χ2n) is 4.06. The lowest BCUT2D eigenvalue weighted by atomic mass is 10.1. The minimum Gasteiger partial charge on any atom is -0.380 e. The first-order valence-corrected chi connectivity index (χ1v) is 5.50. The zero-order valence-corrected chi connectivity index (χ0v) is 9.77. The lowest BCUT2D eigenvalue weighted by Crippen LogP contribution is -2.10. The molecule has 0 aliphatic heterocycles. The first-order chi connectivity index (χ1) is 7.20. The quantitative estimate of drug-likeness (QED) is 0.732. The molecule has 0 heterocycles. The zero-order valence-electron chi connectivity index (χ0n) is 9.77. The summed E-state index contributed by atoms with van der Waals surface area (Å²) < 4.78 is 0. The van der Waals surface area contributed by atoms with Crippen molar-refractivity contribution in [3.63, 3.8) is 0 Å². The standard InChI is InChI=1S/C13H20N2/c1-11(2)12(3)14-9-10-15-13-7-5-4-6-8-13/h4-9,11-12,15H,10H2,1-3H3. The number of anilines is 1. The van der Waals surface area contributed by atoms with Crippen LogP contribution in [-0.4, -0.2) is 18.8 Å². The molecule has 82 valence electrons. The fraction of sp³-hybridized carbons (Fsp3) is 0.462. The van der Waals surface area contributed by atoms with Crippen molar-refractivity contribution >= 4 is 11.9 Å². The lowest BCUT2D eigenvalue weighted by Gasteiger charge is -2.09. The Bertz CT molecular complexity index is 291. The Morgan fingerprint density at radius 2 is 1.87 bits per heavy atom. The Morgan fingerprint density at radius 3 is 2.47 bits per heavy atom. The van der Waals surface area contributed by atoms with Crippen molar-refractivity contribution in [2.75, 3.05) is 11.9 Å². The van der Waals surface area contributed by atoms with Gasteiger partial charge in [0.25, 0.3) is 0 Å². The van der Waals surface area contributed by atoms with Crippen LogP contribution >= 0.6 is 0 Å². The van der Waals surface area contributed by atoms with Crippen LogP contribution < -0.4 is 5.32 Å². The molecule has 0 bridgehead atoms. The third-order valence-electron chi connectivity index (χ3n) is 2.48. The molecular formula is C13H20N2. The van der Waals surface area contributed by atoms with Crippen molar-refractivity contribution in [2.24, 2.45) is 10.9 Å². The first-order valence-electron chi connectivity index (χ1n) is 5.50. The predicted octanol–water partition coefficient (Wildman–Crippen LogP) is 3.21. The van der Waals surface area contributed by atoms with E-state index in [1.54, 1.807) is 0 Å². The van der Waals surface area contributed by atoms with Crippen molar-refractivity contribution in [1.29, 1.82) is 0 Å². The van der Waals surface area contributed by atoms with Gasteiger partial charge < -0.3 is 5.32 Å². The van der Waals surface area contributed by atoms with Crippen LogP contribution in [0.1, 0.15) is 20.8 Å². The average Bonchev–Trinajstić information content (AvgIpc) is 2.25. The van der Waals surface area contributed by atoms with Gasteiger partial charge >= 0.3 is 0 Å². The van der Waals surface area contributed by atoms with Crippen LogP contribution in [0.3, 0.4) is 0 Å².